The highest BCUT2D eigenvalue weighted by Gasteiger charge is 2.43. The number of likely N-dealkylation sites (tertiary alicyclic amines) is 1. The van der Waals surface area contributed by atoms with Gasteiger partial charge in [0.1, 0.15) is 11.5 Å². The van der Waals surface area contributed by atoms with Crippen LogP contribution in [0.15, 0.2) is 48.9 Å². The zero-order chi connectivity index (χ0) is 30.9. The molecule has 7 rings (SSSR count). The largest absolute Gasteiger partial charge is 0.391 e. The first-order valence-electron chi connectivity index (χ1n) is 14.7. The summed E-state index contributed by atoms with van der Waals surface area (Å²) in [6, 6.07) is 7.85. The molecule has 2 amide bonds. The van der Waals surface area contributed by atoms with Crippen LogP contribution < -0.4 is 0 Å². The molecule has 0 bridgehead atoms. The number of hydrogen-bond donors (Lipinski definition) is 0. The summed E-state index contributed by atoms with van der Waals surface area (Å²) in [6.45, 7) is 2.38. The SMILES string of the molecule is CC(C1CCN(C(=O)N2CCn3cc(C4=C(c5cnc6ccccn56)C(=O)CC4=O)c4cc(F)cc(c43)C2)CC1)C(F)(F)F. The molecule has 0 saturated carbocycles. The van der Waals surface area contributed by atoms with Crippen molar-refractivity contribution in [3.05, 3.63) is 71.6 Å². The Hall–Kier alpha value is -4.48. The summed E-state index contributed by atoms with van der Waals surface area (Å²) in [5.41, 5.74) is 3.26. The van der Waals surface area contributed by atoms with Crippen LogP contribution in [0.1, 0.15) is 43.0 Å². The molecule has 0 N–H and O–H groups in total. The molecule has 1 saturated heterocycles. The highest BCUT2D eigenvalue weighted by molar-refractivity contribution is 6.51. The Morgan fingerprint density at radius 1 is 1.00 bits per heavy atom. The number of rotatable bonds is 3. The van der Waals surface area contributed by atoms with Gasteiger partial charge in [0.2, 0.25) is 0 Å². The number of piperidine rings is 1. The van der Waals surface area contributed by atoms with Gasteiger partial charge in [0.15, 0.2) is 11.6 Å². The number of pyridine rings is 1. The molecule has 2 aliphatic heterocycles. The van der Waals surface area contributed by atoms with Crippen molar-refractivity contribution in [2.45, 2.75) is 45.5 Å². The number of urea groups is 1. The second kappa shape index (κ2) is 10.3. The van der Waals surface area contributed by atoms with E-state index in [2.05, 4.69) is 4.98 Å². The van der Waals surface area contributed by atoms with E-state index in [0.717, 1.165) is 0 Å². The van der Waals surface area contributed by atoms with Crippen LogP contribution in [0.4, 0.5) is 22.4 Å². The van der Waals surface area contributed by atoms with Crippen molar-refractivity contribution in [3.8, 4) is 0 Å². The lowest BCUT2D eigenvalue weighted by Crippen LogP contribution is -2.48. The number of nitrogens with zero attached hydrogens (tertiary/aromatic N) is 5. The van der Waals surface area contributed by atoms with Crippen molar-refractivity contribution < 1.29 is 31.9 Å². The maximum Gasteiger partial charge on any atom is 0.391 e. The second-order valence-electron chi connectivity index (χ2n) is 11.9. The normalized spacial score (nSPS) is 19.0. The minimum Gasteiger partial charge on any atom is -0.345 e. The highest BCUT2D eigenvalue weighted by Crippen LogP contribution is 2.41. The Bertz CT molecular complexity index is 1880. The van der Waals surface area contributed by atoms with Gasteiger partial charge in [-0.25, -0.2) is 14.2 Å². The maximum atomic E-state index is 15.2. The van der Waals surface area contributed by atoms with Crippen LogP contribution in [-0.2, 0) is 22.7 Å². The van der Waals surface area contributed by atoms with Crippen LogP contribution in [-0.4, -0.2) is 67.2 Å². The van der Waals surface area contributed by atoms with Crippen LogP contribution in [0.25, 0.3) is 27.7 Å². The number of alkyl halides is 3. The van der Waals surface area contributed by atoms with Crippen molar-refractivity contribution in [3.63, 3.8) is 0 Å². The predicted molar refractivity (Wildman–Crippen MR) is 154 cm³/mol. The quantitative estimate of drug-likeness (QED) is 0.220. The zero-order valence-corrected chi connectivity index (χ0v) is 23.9. The van der Waals surface area contributed by atoms with E-state index in [1.165, 1.54) is 19.1 Å². The summed E-state index contributed by atoms with van der Waals surface area (Å²) in [5.74, 6) is -3.18. The molecule has 5 heterocycles. The number of amides is 2. The van der Waals surface area contributed by atoms with E-state index in [-0.39, 0.29) is 74.2 Å². The van der Waals surface area contributed by atoms with Crippen molar-refractivity contribution in [2.75, 3.05) is 19.6 Å². The summed E-state index contributed by atoms with van der Waals surface area (Å²) in [5, 5.41) is 0.473. The molecular formula is C32H29F4N5O3. The second-order valence-corrected chi connectivity index (χ2v) is 11.9. The minimum atomic E-state index is -4.27. The number of ketones is 2. The van der Waals surface area contributed by atoms with Gasteiger partial charge in [0, 0.05) is 61.6 Å². The summed E-state index contributed by atoms with van der Waals surface area (Å²) < 4.78 is 58.5. The Balaban J connectivity index is 1.22. The maximum absolute atomic E-state index is 15.2. The number of halogens is 4. The highest BCUT2D eigenvalue weighted by atomic mass is 19.4. The van der Waals surface area contributed by atoms with Crippen molar-refractivity contribution >= 4 is 45.3 Å². The number of fused-ring (bicyclic) bond motifs is 1. The molecule has 4 aromatic rings. The molecule has 0 spiro atoms. The molecular weight excluding hydrogens is 578 g/mol. The van der Waals surface area contributed by atoms with Gasteiger partial charge in [-0.15, -0.1) is 0 Å². The fraction of sp³-hybridized carbons (Fsp3) is 0.375. The summed E-state index contributed by atoms with van der Waals surface area (Å²) >= 11 is 0. The number of hydrogen-bond acceptors (Lipinski definition) is 4. The number of carbonyl (C=O) groups is 3. The Morgan fingerprint density at radius 2 is 1.75 bits per heavy atom. The Labute approximate surface area is 249 Å². The van der Waals surface area contributed by atoms with Gasteiger partial charge in [-0.1, -0.05) is 13.0 Å². The minimum absolute atomic E-state index is 0.0987. The Morgan fingerprint density at radius 3 is 2.50 bits per heavy atom. The summed E-state index contributed by atoms with van der Waals surface area (Å²) in [7, 11) is 0. The molecule has 0 radical (unpaired) electrons. The third-order valence-corrected chi connectivity index (χ3v) is 9.36. The van der Waals surface area contributed by atoms with E-state index >= 15 is 4.39 Å². The molecule has 1 unspecified atom stereocenters. The first-order chi connectivity index (χ1) is 21.0. The van der Waals surface area contributed by atoms with E-state index in [4.69, 9.17) is 0 Å². The molecule has 1 fully saturated rings. The number of aromatic nitrogens is 3. The molecule has 1 atom stereocenters. The number of Topliss-reactive ketones (excluding diaryl/α,β-unsaturated/α-hetero) is 2. The van der Waals surface area contributed by atoms with E-state index in [9.17, 15) is 27.6 Å². The predicted octanol–water partition coefficient (Wildman–Crippen LogP) is 5.73. The smallest absolute Gasteiger partial charge is 0.345 e. The summed E-state index contributed by atoms with van der Waals surface area (Å²) in [6.07, 6.45) is 1.06. The molecule has 44 heavy (non-hydrogen) atoms. The number of imidazole rings is 1. The molecule has 3 aliphatic rings. The lowest BCUT2D eigenvalue weighted by atomic mass is 9.85. The molecule has 8 nitrogen and oxygen atoms in total. The van der Waals surface area contributed by atoms with E-state index in [1.807, 2.05) is 10.6 Å². The number of allylic oxidation sites excluding steroid dienone is 2. The average Bonchev–Trinajstić information content (AvgIpc) is 3.61. The van der Waals surface area contributed by atoms with Gasteiger partial charge in [0.25, 0.3) is 0 Å². The fourth-order valence-electron chi connectivity index (χ4n) is 7.00. The third-order valence-electron chi connectivity index (χ3n) is 9.36. The van der Waals surface area contributed by atoms with Gasteiger partial charge in [-0.3, -0.25) is 14.0 Å². The van der Waals surface area contributed by atoms with Gasteiger partial charge in [0.05, 0.1) is 35.3 Å². The van der Waals surface area contributed by atoms with Gasteiger partial charge in [-0.2, -0.15) is 13.2 Å². The van der Waals surface area contributed by atoms with Crippen molar-refractivity contribution in [1.82, 2.24) is 23.8 Å². The molecule has 1 aromatic carbocycles. The topological polar surface area (TPSA) is 79.9 Å². The summed E-state index contributed by atoms with van der Waals surface area (Å²) in [4.78, 5) is 47.6. The van der Waals surface area contributed by atoms with E-state index in [1.54, 1.807) is 44.9 Å². The van der Waals surface area contributed by atoms with E-state index < -0.39 is 23.8 Å². The van der Waals surface area contributed by atoms with Gasteiger partial charge < -0.3 is 14.4 Å². The van der Waals surface area contributed by atoms with Crippen LogP contribution in [0, 0.1) is 17.7 Å². The monoisotopic (exact) mass is 607 g/mol. The fourth-order valence-corrected chi connectivity index (χ4v) is 7.00. The van der Waals surface area contributed by atoms with Crippen LogP contribution in [0.2, 0.25) is 0 Å². The van der Waals surface area contributed by atoms with Crippen LogP contribution in [0.3, 0.4) is 0 Å². The van der Waals surface area contributed by atoms with Gasteiger partial charge in [-0.05, 0) is 48.6 Å². The van der Waals surface area contributed by atoms with Crippen molar-refractivity contribution in [1.29, 1.82) is 0 Å². The molecule has 12 heteroatoms. The first-order valence-corrected chi connectivity index (χ1v) is 14.7. The lowest BCUT2D eigenvalue weighted by Gasteiger charge is -2.37. The zero-order valence-electron chi connectivity index (χ0n) is 23.9. The first kappa shape index (κ1) is 28.3. The third kappa shape index (κ3) is 4.58. The standard InChI is InChI=1S/C32H29F4N5O3/c1-18(32(34,35)36)19-5-8-38(9-6-19)31(44)40-11-10-39-17-23(22-13-21(33)12-20(16-40)30(22)39)28-25(42)14-26(43)29(28)24-15-37-27-4-2-3-7-41(24)27/h2-4,7,12-13,15,17-19H,5-6,8-11,14,16H2,1H3. The lowest BCUT2D eigenvalue weighted by molar-refractivity contribution is -0.186. The number of carbonyl (C=O) groups excluding carboxylic acids is 3. The average molecular weight is 608 g/mol. The van der Waals surface area contributed by atoms with Crippen molar-refractivity contribution in [2.24, 2.45) is 11.8 Å². The van der Waals surface area contributed by atoms with E-state index in [0.29, 0.717) is 39.9 Å². The number of benzene rings is 1. The molecule has 1 aliphatic carbocycles. The molecule has 3 aromatic heterocycles. The molecule has 228 valence electrons. The van der Waals surface area contributed by atoms with Gasteiger partial charge >= 0.3 is 12.2 Å². The van der Waals surface area contributed by atoms with Crippen LogP contribution in [0.5, 0.6) is 0 Å². The van der Waals surface area contributed by atoms with Crippen LogP contribution >= 0.6 is 0 Å². The Kier molecular flexibility index (Phi) is 6.63.